The van der Waals surface area contributed by atoms with Gasteiger partial charge in [-0.1, -0.05) is 72.3 Å². The second kappa shape index (κ2) is 6.93. The van der Waals surface area contributed by atoms with Gasteiger partial charge in [-0.3, -0.25) is 4.79 Å². The van der Waals surface area contributed by atoms with Gasteiger partial charge in [0.05, 0.1) is 10.9 Å². The minimum absolute atomic E-state index is 0.121. The number of hydrogen-bond acceptors (Lipinski definition) is 3. The molecule has 0 bridgehead atoms. The van der Waals surface area contributed by atoms with Gasteiger partial charge in [0.15, 0.2) is 5.78 Å². The third kappa shape index (κ3) is 3.30. The van der Waals surface area contributed by atoms with Crippen molar-refractivity contribution < 1.29 is 13.2 Å². The van der Waals surface area contributed by atoms with Crippen LogP contribution in [0.2, 0.25) is 5.02 Å². The molecular weight excluding hydrogens is 382 g/mol. The van der Waals surface area contributed by atoms with E-state index in [0.717, 1.165) is 5.56 Å². The maximum absolute atomic E-state index is 13.2. The lowest BCUT2D eigenvalue weighted by atomic mass is 10.0. The quantitative estimate of drug-likeness (QED) is 0.475. The van der Waals surface area contributed by atoms with Crippen LogP contribution in [0.1, 0.15) is 22.0 Å². The number of sulfonamides is 1. The number of halogens is 1. The van der Waals surface area contributed by atoms with E-state index in [1.54, 1.807) is 24.3 Å². The zero-order chi connectivity index (χ0) is 19.0. The van der Waals surface area contributed by atoms with E-state index in [-0.39, 0.29) is 10.7 Å². The Kier molecular flexibility index (Phi) is 4.60. The fraction of sp³-hybridized carbons (Fsp3) is 0.0952. The maximum atomic E-state index is 13.2. The first-order chi connectivity index (χ1) is 13.0. The molecule has 1 fully saturated rings. The van der Waals surface area contributed by atoms with E-state index in [0.29, 0.717) is 10.6 Å². The molecule has 1 unspecified atom stereocenters. The molecular formula is C21H16ClNO3S. The van der Waals surface area contributed by atoms with Gasteiger partial charge in [-0.25, -0.2) is 8.42 Å². The van der Waals surface area contributed by atoms with Crippen molar-refractivity contribution in [3.8, 4) is 0 Å². The van der Waals surface area contributed by atoms with Crippen LogP contribution in [0, 0.1) is 0 Å². The molecule has 1 aliphatic rings. The van der Waals surface area contributed by atoms with Gasteiger partial charge in [0.25, 0.3) is 0 Å². The minimum atomic E-state index is -3.83. The smallest absolute Gasteiger partial charge is 0.244 e. The SMILES string of the molecule is O=C(c1ccccc1)[C@H]1[C@H](c2ccccc2)N1S(=O)(=O)c1ccc(Cl)cc1. The van der Waals surface area contributed by atoms with Gasteiger partial charge in [0.2, 0.25) is 10.0 Å². The Labute approximate surface area is 163 Å². The Balaban J connectivity index is 1.75. The molecule has 0 spiro atoms. The van der Waals surface area contributed by atoms with Crippen LogP contribution in [-0.4, -0.2) is 24.5 Å². The molecule has 3 aromatic rings. The van der Waals surface area contributed by atoms with Crippen LogP contribution in [0.15, 0.2) is 89.8 Å². The highest BCUT2D eigenvalue weighted by molar-refractivity contribution is 7.89. The van der Waals surface area contributed by atoms with Gasteiger partial charge in [0.1, 0.15) is 6.04 Å². The summed E-state index contributed by atoms with van der Waals surface area (Å²) in [6.45, 7) is 0. The molecule has 0 saturated carbocycles. The normalized spacial score (nSPS) is 21.6. The maximum Gasteiger partial charge on any atom is 0.244 e. The molecule has 4 rings (SSSR count). The third-order valence-corrected chi connectivity index (χ3v) is 6.74. The van der Waals surface area contributed by atoms with E-state index in [2.05, 4.69) is 0 Å². The first kappa shape index (κ1) is 17.9. The van der Waals surface area contributed by atoms with Crippen molar-refractivity contribution in [3.05, 3.63) is 101 Å². The van der Waals surface area contributed by atoms with E-state index >= 15 is 0 Å². The van der Waals surface area contributed by atoms with Crippen molar-refractivity contribution in [1.82, 2.24) is 4.31 Å². The van der Waals surface area contributed by atoms with Crippen LogP contribution in [0.25, 0.3) is 0 Å². The number of carbonyl (C=O) groups excluding carboxylic acids is 1. The molecule has 1 saturated heterocycles. The van der Waals surface area contributed by atoms with Crippen LogP contribution in [0.5, 0.6) is 0 Å². The fourth-order valence-corrected chi connectivity index (χ4v) is 5.09. The number of benzene rings is 3. The second-order valence-electron chi connectivity index (χ2n) is 6.32. The number of rotatable bonds is 5. The Bertz CT molecular complexity index is 1070. The molecule has 136 valence electrons. The molecule has 0 aliphatic carbocycles. The van der Waals surface area contributed by atoms with Crippen molar-refractivity contribution >= 4 is 27.4 Å². The number of carbonyl (C=O) groups is 1. The number of Topliss-reactive ketones (excluding diaryl/α,β-unsaturated/α-hetero) is 1. The van der Waals surface area contributed by atoms with Gasteiger partial charge in [-0.2, -0.15) is 4.31 Å². The van der Waals surface area contributed by atoms with Gasteiger partial charge in [-0.15, -0.1) is 0 Å². The highest BCUT2D eigenvalue weighted by Gasteiger charge is 2.60. The summed E-state index contributed by atoms with van der Waals surface area (Å²) in [7, 11) is -3.83. The Morgan fingerprint density at radius 2 is 1.37 bits per heavy atom. The first-order valence-corrected chi connectivity index (χ1v) is 10.3. The number of ketones is 1. The summed E-state index contributed by atoms with van der Waals surface area (Å²) >= 11 is 5.88. The van der Waals surface area contributed by atoms with Crippen molar-refractivity contribution in [2.45, 2.75) is 17.0 Å². The van der Waals surface area contributed by atoms with Gasteiger partial charge < -0.3 is 0 Å². The van der Waals surface area contributed by atoms with E-state index in [1.165, 1.54) is 28.6 Å². The largest absolute Gasteiger partial charge is 0.292 e. The summed E-state index contributed by atoms with van der Waals surface area (Å²) in [4.78, 5) is 13.1. The Morgan fingerprint density at radius 3 is 1.96 bits per heavy atom. The summed E-state index contributed by atoms with van der Waals surface area (Å²) in [5.74, 6) is -0.206. The van der Waals surface area contributed by atoms with Gasteiger partial charge in [0, 0.05) is 10.6 Å². The molecule has 1 heterocycles. The summed E-state index contributed by atoms with van der Waals surface area (Å²) in [6, 6.07) is 22.7. The molecule has 27 heavy (non-hydrogen) atoms. The second-order valence-corrected chi connectivity index (χ2v) is 8.60. The van der Waals surface area contributed by atoms with E-state index in [4.69, 9.17) is 11.6 Å². The fourth-order valence-electron chi connectivity index (χ4n) is 3.25. The molecule has 0 radical (unpaired) electrons. The van der Waals surface area contributed by atoms with Crippen LogP contribution in [0.3, 0.4) is 0 Å². The first-order valence-electron chi connectivity index (χ1n) is 8.43. The molecule has 4 nitrogen and oxygen atoms in total. The highest BCUT2D eigenvalue weighted by Crippen LogP contribution is 2.49. The van der Waals surface area contributed by atoms with Crippen molar-refractivity contribution in [3.63, 3.8) is 0 Å². The molecule has 3 atom stereocenters. The van der Waals surface area contributed by atoms with Crippen LogP contribution >= 0.6 is 11.6 Å². The van der Waals surface area contributed by atoms with E-state index in [9.17, 15) is 13.2 Å². The van der Waals surface area contributed by atoms with Crippen molar-refractivity contribution in [2.75, 3.05) is 0 Å². The molecule has 0 amide bonds. The number of hydrogen-bond donors (Lipinski definition) is 0. The zero-order valence-electron chi connectivity index (χ0n) is 14.2. The minimum Gasteiger partial charge on any atom is -0.292 e. The Hall–Kier alpha value is -2.47. The van der Waals surface area contributed by atoms with Crippen LogP contribution in [-0.2, 0) is 10.0 Å². The van der Waals surface area contributed by atoms with Crippen LogP contribution in [0.4, 0.5) is 0 Å². The third-order valence-electron chi connectivity index (χ3n) is 4.61. The standard InChI is InChI=1S/C21H16ClNO3S/c22-17-11-13-18(14-12-17)27(25,26)23-19(15-7-3-1-4-8-15)20(23)21(24)16-9-5-2-6-10-16/h1-14,19-20H/t19-,20+,23?/m0/s1. The highest BCUT2D eigenvalue weighted by atomic mass is 35.5. The Morgan fingerprint density at radius 1 is 0.815 bits per heavy atom. The molecule has 0 N–H and O–H groups in total. The van der Waals surface area contributed by atoms with Gasteiger partial charge >= 0.3 is 0 Å². The van der Waals surface area contributed by atoms with Gasteiger partial charge in [-0.05, 0) is 29.8 Å². The summed E-state index contributed by atoms with van der Waals surface area (Å²) < 4.78 is 27.6. The van der Waals surface area contributed by atoms with E-state index < -0.39 is 22.1 Å². The van der Waals surface area contributed by atoms with Crippen molar-refractivity contribution in [1.29, 1.82) is 0 Å². The molecule has 6 heteroatoms. The average molecular weight is 398 g/mol. The lowest BCUT2D eigenvalue weighted by molar-refractivity contribution is 0.0981. The summed E-state index contributed by atoms with van der Waals surface area (Å²) in [5, 5.41) is 0.455. The summed E-state index contributed by atoms with van der Waals surface area (Å²) in [6.07, 6.45) is 0. The monoisotopic (exact) mass is 397 g/mol. The van der Waals surface area contributed by atoms with E-state index in [1.807, 2.05) is 36.4 Å². The zero-order valence-corrected chi connectivity index (χ0v) is 15.8. The van der Waals surface area contributed by atoms with Crippen LogP contribution < -0.4 is 0 Å². The lowest BCUT2D eigenvalue weighted by Crippen LogP contribution is -2.19. The average Bonchev–Trinajstić information content (AvgIpc) is 3.46. The molecule has 0 aromatic heterocycles. The summed E-state index contributed by atoms with van der Waals surface area (Å²) in [5.41, 5.74) is 1.29. The number of nitrogens with zero attached hydrogens (tertiary/aromatic N) is 1. The lowest BCUT2D eigenvalue weighted by Gasteiger charge is -2.07. The molecule has 1 aliphatic heterocycles. The topological polar surface area (TPSA) is 54.2 Å². The predicted octanol–water partition coefficient (Wildman–Crippen LogP) is 4.34. The van der Waals surface area contributed by atoms with Crippen molar-refractivity contribution in [2.24, 2.45) is 0 Å². The predicted molar refractivity (Wildman–Crippen MR) is 104 cm³/mol. The molecule has 3 aromatic carbocycles.